The number of aliphatic imine (C=N–C) groups is 1. The van der Waals surface area contributed by atoms with E-state index < -0.39 is 0 Å². The highest BCUT2D eigenvalue weighted by Gasteiger charge is 2.06. The van der Waals surface area contributed by atoms with Crippen LogP contribution in [0.5, 0.6) is 11.5 Å². The third-order valence-electron chi connectivity index (χ3n) is 3.37. The molecule has 25 heavy (non-hydrogen) atoms. The van der Waals surface area contributed by atoms with Crippen LogP contribution in [0.1, 0.15) is 29.3 Å². The van der Waals surface area contributed by atoms with Gasteiger partial charge >= 0.3 is 0 Å². The van der Waals surface area contributed by atoms with Crippen LogP contribution in [0.3, 0.4) is 0 Å². The van der Waals surface area contributed by atoms with Gasteiger partial charge in [0.2, 0.25) is 0 Å². The Morgan fingerprint density at radius 1 is 1.24 bits per heavy atom. The van der Waals surface area contributed by atoms with Crippen molar-refractivity contribution in [2.75, 3.05) is 20.3 Å². The van der Waals surface area contributed by atoms with Gasteiger partial charge in [-0.15, -0.1) is 11.3 Å². The molecular formula is C18H26N4O2S. The molecule has 0 radical (unpaired) electrons. The number of hydrogen-bond donors (Lipinski definition) is 2. The number of aromatic nitrogens is 1. The molecule has 1 heterocycles. The van der Waals surface area contributed by atoms with E-state index in [0.29, 0.717) is 19.7 Å². The van der Waals surface area contributed by atoms with Crippen LogP contribution >= 0.6 is 11.3 Å². The number of aryl methyl sites for hydroxylation is 1. The van der Waals surface area contributed by atoms with E-state index in [1.165, 1.54) is 4.88 Å². The highest BCUT2D eigenvalue weighted by Crippen LogP contribution is 2.28. The molecule has 0 atom stereocenters. The summed E-state index contributed by atoms with van der Waals surface area (Å²) in [5.74, 6) is 2.25. The molecule has 2 aromatic rings. The van der Waals surface area contributed by atoms with E-state index in [-0.39, 0.29) is 0 Å². The van der Waals surface area contributed by atoms with Crippen LogP contribution in [0.2, 0.25) is 0 Å². The van der Waals surface area contributed by atoms with E-state index in [1.807, 2.05) is 38.2 Å². The number of thiazole rings is 1. The zero-order valence-electron chi connectivity index (χ0n) is 15.3. The molecule has 0 saturated heterocycles. The molecule has 2 N–H and O–H groups in total. The van der Waals surface area contributed by atoms with Gasteiger partial charge in [0, 0.05) is 17.6 Å². The standard InChI is InChI=1S/C18H26N4O2S/c1-5-19-18(22-12-17-20-10-13(3)25-17)21-11-14-7-8-15(23-4)16(9-14)24-6-2/h7-10H,5-6,11-12H2,1-4H3,(H2,19,21,22). The third kappa shape index (κ3) is 5.94. The fourth-order valence-electron chi connectivity index (χ4n) is 2.24. The minimum Gasteiger partial charge on any atom is -0.493 e. The summed E-state index contributed by atoms with van der Waals surface area (Å²) >= 11 is 1.69. The molecule has 2 rings (SSSR count). The molecule has 1 aromatic heterocycles. The molecule has 0 aliphatic heterocycles. The molecule has 0 aliphatic rings. The predicted molar refractivity (Wildman–Crippen MR) is 103 cm³/mol. The van der Waals surface area contributed by atoms with Crippen LogP contribution in [0.15, 0.2) is 29.4 Å². The van der Waals surface area contributed by atoms with Crippen molar-refractivity contribution in [1.29, 1.82) is 0 Å². The van der Waals surface area contributed by atoms with Crippen LogP contribution in [-0.2, 0) is 13.1 Å². The fourth-order valence-corrected chi connectivity index (χ4v) is 2.97. The van der Waals surface area contributed by atoms with Crippen molar-refractivity contribution in [2.24, 2.45) is 4.99 Å². The summed E-state index contributed by atoms with van der Waals surface area (Å²) in [6.45, 7) is 8.67. The first-order valence-electron chi connectivity index (χ1n) is 8.39. The summed E-state index contributed by atoms with van der Waals surface area (Å²) in [6, 6.07) is 5.88. The normalized spacial score (nSPS) is 11.3. The molecule has 0 spiro atoms. The molecule has 0 fully saturated rings. The average molecular weight is 362 g/mol. The number of benzene rings is 1. The lowest BCUT2D eigenvalue weighted by molar-refractivity contribution is 0.310. The van der Waals surface area contributed by atoms with Gasteiger partial charge in [-0.2, -0.15) is 0 Å². The summed E-state index contributed by atoms with van der Waals surface area (Å²) in [5.41, 5.74) is 1.06. The second kappa shape index (κ2) is 9.88. The molecule has 6 nitrogen and oxygen atoms in total. The van der Waals surface area contributed by atoms with Crippen molar-refractivity contribution >= 4 is 17.3 Å². The molecule has 0 saturated carbocycles. The summed E-state index contributed by atoms with van der Waals surface area (Å²) in [7, 11) is 1.64. The first-order valence-corrected chi connectivity index (χ1v) is 9.21. The Bertz CT molecular complexity index is 700. The molecule has 0 unspecified atom stereocenters. The molecule has 0 aliphatic carbocycles. The quantitative estimate of drug-likeness (QED) is 0.558. The first-order chi connectivity index (χ1) is 12.2. The molecular weight excluding hydrogens is 336 g/mol. The fraction of sp³-hybridized carbons (Fsp3) is 0.444. The third-order valence-corrected chi connectivity index (χ3v) is 4.28. The smallest absolute Gasteiger partial charge is 0.191 e. The van der Waals surface area contributed by atoms with Gasteiger partial charge in [-0.05, 0) is 38.5 Å². The molecule has 0 bridgehead atoms. The van der Waals surface area contributed by atoms with Gasteiger partial charge in [-0.1, -0.05) is 6.07 Å². The number of hydrogen-bond acceptors (Lipinski definition) is 5. The maximum atomic E-state index is 5.62. The van der Waals surface area contributed by atoms with Crippen LogP contribution in [0.25, 0.3) is 0 Å². The van der Waals surface area contributed by atoms with Gasteiger partial charge in [-0.25, -0.2) is 9.98 Å². The summed E-state index contributed by atoms with van der Waals surface area (Å²) in [6.07, 6.45) is 1.89. The lowest BCUT2D eigenvalue weighted by Crippen LogP contribution is -2.36. The van der Waals surface area contributed by atoms with E-state index in [9.17, 15) is 0 Å². The molecule has 136 valence electrons. The van der Waals surface area contributed by atoms with Crippen molar-refractivity contribution in [2.45, 2.75) is 33.9 Å². The van der Waals surface area contributed by atoms with Crippen LogP contribution in [0.4, 0.5) is 0 Å². The van der Waals surface area contributed by atoms with Gasteiger partial charge in [0.25, 0.3) is 0 Å². The number of guanidine groups is 1. The number of ether oxygens (including phenoxy) is 2. The Morgan fingerprint density at radius 2 is 2.08 bits per heavy atom. The Kier molecular flexibility index (Phi) is 7.53. The predicted octanol–water partition coefficient (Wildman–Crippen LogP) is 3.11. The van der Waals surface area contributed by atoms with E-state index >= 15 is 0 Å². The van der Waals surface area contributed by atoms with Crippen LogP contribution in [-0.4, -0.2) is 31.2 Å². The van der Waals surface area contributed by atoms with Crippen molar-refractivity contribution in [3.05, 3.63) is 39.8 Å². The monoisotopic (exact) mass is 362 g/mol. The van der Waals surface area contributed by atoms with Gasteiger partial charge in [0.15, 0.2) is 17.5 Å². The summed E-state index contributed by atoms with van der Waals surface area (Å²) < 4.78 is 10.9. The second-order valence-electron chi connectivity index (χ2n) is 5.33. The van der Waals surface area contributed by atoms with Crippen molar-refractivity contribution in [3.63, 3.8) is 0 Å². The topological polar surface area (TPSA) is 67.8 Å². The van der Waals surface area contributed by atoms with Crippen LogP contribution in [0, 0.1) is 6.92 Å². The number of methoxy groups -OCH3 is 1. The minimum absolute atomic E-state index is 0.552. The van der Waals surface area contributed by atoms with Gasteiger partial charge in [-0.3, -0.25) is 0 Å². The number of nitrogens with one attached hydrogen (secondary N) is 2. The van der Waals surface area contributed by atoms with E-state index in [1.54, 1.807) is 18.4 Å². The Labute approximate surface area is 153 Å². The average Bonchev–Trinajstić information content (AvgIpc) is 3.03. The molecule has 7 heteroatoms. The van der Waals surface area contributed by atoms with Gasteiger partial charge < -0.3 is 20.1 Å². The van der Waals surface area contributed by atoms with Gasteiger partial charge in [0.1, 0.15) is 5.01 Å². The zero-order chi connectivity index (χ0) is 18.1. The van der Waals surface area contributed by atoms with E-state index in [4.69, 9.17) is 9.47 Å². The zero-order valence-corrected chi connectivity index (χ0v) is 16.1. The van der Waals surface area contributed by atoms with Gasteiger partial charge in [0.05, 0.1) is 26.8 Å². The minimum atomic E-state index is 0.552. The second-order valence-corrected chi connectivity index (χ2v) is 6.65. The highest BCUT2D eigenvalue weighted by molar-refractivity contribution is 7.11. The number of rotatable bonds is 8. The SMILES string of the molecule is CCNC(=NCc1ccc(OC)c(OCC)c1)NCc1ncc(C)s1. The summed E-state index contributed by atoms with van der Waals surface area (Å²) in [5, 5.41) is 7.61. The lowest BCUT2D eigenvalue weighted by atomic mass is 10.2. The van der Waals surface area contributed by atoms with Crippen LogP contribution < -0.4 is 20.1 Å². The summed E-state index contributed by atoms with van der Waals surface area (Å²) in [4.78, 5) is 10.2. The molecule has 0 amide bonds. The van der Waals surface area contributed by atoms with Crippen molar-refractivity contribution in [3.8, 4) is 11.5 Å². The maximum Gasteiger partial charge on any atom is 0.191 e. The first kappa shape index (κ1) is 19.1. The van der Waals surface area contributed by atoms with E-state index in [2.05, 4.69) is 27.5 Å². The number of nitrogens with zero attached hydrogens (tertiary/aromatic N) is 2. The Hall–Kier alpha value is -2.28. The highest BCUT2D eigenvalue weighted by atomic mass is 32.1. The van der Waals surface area contributed by atoms with Crippen molar-refractivity contribution in [1.82, 2.24) is 15.6 Å². The Balaban J connectivity index is 2.03. The maximum absolute atomic E-state index is 5.62. The lowest BCUT2D eigenvalue weighted by Gasteiger charge is -2.12. The van der Waals surface area contributed by atoms with Crippen molar-refractivity contribution < 1.29 is 9.47 Å². The Morgan fingerprint density at radius 3 is 2.72 bits per heavy atom. The molecule has 1 aromatic carbocycles. The largest absolute Gasteiger partial charge is 0.493 e. The van der Waals surface area contributed by atoms with E-state index in [0.717, 1.165) is 34.6 Å².